The van der Waals surface area contributed by atoms with Gasteiger partial charge in [0.05, 0.1) is 12.5 Å². The van der Waals surface area contributed by atoms with Crippen LogP contribution in [0.1, 0.15) is 45.4 Å². The van der Waals surface area contributed by atoms with Crippen molar-refractivity contribution in [3.63, 3.8) is 0 Å². The Labute approximate surface area is 97.9 Å². The average Bonchev–Trinajstić information content (AvgIpc) is 2.26. The summed E-state index contributed by atoms with van der Waals surface area (Å²) >= 11 is 0. The lowest BCUT2D eigenvalue weighted by atomic mass is 9.83. The molecule has 1 aliphatic carbocycles. The molecule has 94 valence electrons. The van der Waals surface area contributed by atoms with Crippen molar-refractivity contribution >= 4 is 5.91 Å². The van der Waals surface area contributed by atoms with Crippen LogP contribution >= 0.6 is 0 Å². The van der Waals surface area contributed by atoms with E-state index in [0.717, 1.165) is 12.8 Å². The Kier molecular flexibility index (Phi) is 5.22. The van der Waals surface area contributed by atoms with Crippen molar-refractivity contribution in [2.45, 2.75) is 57.1 Å². The fourth-order valence-corrected chi connectivity index (χ4v) is 2.31. The van der Waals surface area contributed by atoms with Gasteiger partial charge >= 0.3 is 0 Å². The van der Waals surface area contributed by atoms with Gasteiger partial charge in [0.1, 0.15) is 0 Å². The molecule has 0 aromatic carbocycles. The molecule has 1 amide bonds. The minimum Gasteiger partial charge on any atom is -0.380 e. The van der Waals surface area contributed by atoms with Crippen molar-refractivity contribution < 1.29 is 9.53 Å². The lowest BCUT2D eigenvalue weighted by molar-refractivity contribution is -0.125. The Bertz CT molecular complexity index is 221. The van der Waals surface area contributed by atoms with Crippen LogP contribution in [0, 0.1) is 0 Å². The predicted molar refractivity (Wildman–Crippen MR) is 64.1 cm³/mol. The van der Waals surface area contributed by atoms with Gasteiger partial charge in [0.2, 0.25) is 5.91 Å². The molecule has 1 aliphatic rings. The zero-order valence-electron chi connectivity index (χ0n) is 10.4. The van der Waals surface area contributed by atoms with Crippen LogP contribution in [0.3, 0.4) is 0 Å². The second kappa shape index (κ2) is 6.21. The van der Waals surface area contributed by atoms with Gasteiger partial charge in [0.15, 0.2) is 0 Å². The molecule has 1 unspecified atom stereocenters. The third-order valence-corrected chi connectivity index (χ3v) is 3.41. The maximum atomic E-state index is 11.8. The van der Waals surface area contributed by atoms with Gasteiger partial charge in [-0.3, -0.25) is 4.79 Å². The highest BCUT2D eigenvalue weighted by atomic mass is 16.5. The van der Waals surface area contributed by atoms with Crippen LogP contribution in [-0.4, -0.2) is 31.2 Å². The van der Waals surface area contributed by atoms with E-state index in [1.54, 1.807) is 7.11 Å². The second-order valence-corrected chi connectivity index (χ2v) is 4.97. The van der Waals surface area contributed by atoms with Crippen molar-refractivity contribution in [2.75, 3.05) is 13.7 Å². The minimum atomic E-state index is -0.160. The molecule has 0 spiro atoms. The molecule has 1 saturated carbocycles. The SMILES string of the molecule is COC(CN)CC(=O)NC1(C)CCCCC1. The Morgan fingerprint density at radius 3 is 2.56 bits per heavy atom. The number of hydrogen-bond donors (Lipinski definition) is 2. The first-order valence-corrected chi connectivity index (χ1v) is 6.13. The lowest BCUT2D eigenvalue weighted by Crippen LogP contribution is -2.48. The van der Waals surface area contributed by atoms with Crippen molar-refractivity contribution in [3.8, 4) is 0 Å². The molecule has 0 saturated heterocycles. The van der Waals surface area contributed by atoms with E-state index in [1.165, 1.54) is 19.3 Å². The highest BCUT2D eigenvalue weighted by Crippen LogP contribution is 2.27. The van der Waals surface area contributed by atoms with Crippen LogP contribution in [0.15, 0.2) is 0 Å². The number of carbonyl (C=O) groups is 1. The molecule has 4 heteroatoms. The first-order valence-electron chi connectivity index (χ1n) is 6.13. The minimum absolute atomic E-state index is 0.0117. The Hall–Kier alpha value is -0.610. The van der Waals surface area contributed by atoms with Crippen molar-refractivity contribution in [2.24, 2.45) is 5.73 Å². The van der Waals surface area contributed by atoms with Crippen LogP contribution < -0.4 is 11.1 Å². The summed E-state index contributed by atoms with van der Waals surface area (Å²) in [7, 11) is 1.59. The fourth-order valence-electron chi connectivity index (χ4n) is 2.31. The van der Waals surface area contributed by atoms with Gasteiger partial charge < -0.3 is 15.8 Å². The van der Waals surface area contributed by atoms with E-state index in [-0.39, 0.29) is 17.6 Å². The standard InChI is InChI=1S/C12H24N2O2/c1-12(6-4-3-5-7-12)14-11(15)8-10(9-13)16-2/h10H,3-9,13H2,1-2H3,(H,14,15). The number of ether oxygens (including phenoxy) is 1. The molecule has 1 rings (SSSR count). The maximum absolute atomic E-state index is 11.8. The molecule has 0 heterocycles. The molecule has 1 atom stereocenters. The third-order valence-electron chi connectivity index (χ3n) is 3.41. The van der Waals surface area contributed by atoms with E-state index in [4.69, 9.17) is 10.5 Å². The zero-order valence-corrected chi connectivity index (χ0v) is 10.4. The fraction of sp³-hybridized carbons (Fsp3) is 0.917. The van der Waals surface area contributed by atoms with Crippen molar-refractivity contribution in [1.82, 2.24) is 5.32 Å². The van der Waals surface area contributed by atoms with Crippen LogP contribution in [0.25, 0.3) is 0 Å². The summed E-state index contributed by atoms with van der Waals surface area (Å²) in [6.07, 6.45) is 6.07. The molecular formula is C12H24N2O2. The van der Waals surface area contributed by atoms with E-state index in [1.807, 2.05) is 0 Å². The first-order chi connectivity index (χ1) is 7.59. The first kappa shape index (κ1) is 13.5. The number of hydrogen-bond acceptors (Lipinski definition) is 3. The number of amides is 1. The van der Waals surface area contributed by atoms with E-state index >= 15 is 0 Å². The van der Waals surface area contributed by atoms with Crippen molar-refractivity contribution in [1.29, 1.82) is 0 Å². The Morgan fingerprint density at radius 1 is 1.44 bits per heavy atom. The lowest BCUT2D eigenvalue weighted by Gasteiger charge is -2.34. The van der Waals surface area contributed by atoms with Crippen LogP contribution in [0.2, 0.25) is 0 Å². The molecule has 1 fully saturated rings. The average molecular weight is 228 g/mol. The van der Waals surface area contributed by atoms with E-state index in [0.29, 0.717) is 13.0 Å². The molecule has 0 aromatic rings. The zero-order chi connectivity index (χ0) is 12.0. The molecule has 16 heavy (non-hydrogen) atoms. The summed E-state index contributed by atoms with van der Waals surface area (Å²) in [5, 5.41) is 3.12. The highest BCUT2D eigenvalue weighted by molar-refractivity contribution is 5.77. The van der Waals surface area contributed by atoms with Gasteiger partial charge in [-0.1, -0.05) is 19.3 Å². The normalized spacial score (nSPS) is 21.4. The summed E-state index contributed by atoms with van der Waals surface area (Å²) in [4.78, 5) is 11.8. The quantitative estimate of drug-likeness (QED) is 0.743. The van der Waals surface area contributed by atoms with Gasteiger partial charge in [0, 0.05) is 19.2 Å². The molecule has 0 aromatic heterocycles. The van der Waals surface area contributed by atoms with Gasteiger partial charge in [-0.15, -0.1) is 0 Å². The summed E-state index contributed by atoms with van der Waals surface area (Å²) in [5.41, 5.74) is 5.48. The van der Waals surface area contributed by atoms with Gasteiger partial charge in [-0.05, 0) is 19.8 Å². The second-order valence-electron chi connectivity index (χ2n) is 4.97. The predicted octanol–water partition coefficient (Wildman–Crippen LogP) is 1.19. The van der Waals surface area contributed by atoms with Gasteiger partial charge in [-0.2, -0.15) is 0 Å². The topological polar surface area (TPSA) is 64.3 Å². The Balaban J connectivity index is 2.37. The van der Waals surface area contributed by atoms with E-state index in [9.17, 15) is 4.79 Å². The summed E-state index contributed by atoms with van der Waals surface area (Å²) in [6, 6.07) is 0. The number of methoxy groups -OCH3 is 1. The van der Waals surface area contributed by atoms with Gasteiger partial charge in [-0.25, -0.2) is 0 Å². The molecule has 3 N–H and O–H groups in total. The van der Waals surface area contributed by atoms with E-state index < -0.39 is 0 Å². The summed E-state index contributed by atoms with van der Waals surface area (Å²) < 4.78 is 5.11. The van der Waals surface area contributed by atoms with E-state index in [2.05, 4.69) is 12.2 Å². The van der Waals surface area contributed by atoms with Crippen LogP contribution in [0.4, 0.5) is 0 Å². The van der Waals surface area contributed by atoms with Gasteiger partial charge in [0.25, 0.3) is 0 Å². The monoisotopic (exact) mass is 228 g/mol. The number of rotatable bonds is 5. The number of carbonyl (C=O) groups excluding carboxylic acids is 1. The molecule has 0 radical (unpaired) electrons. The largest absolute Gasteiger partial charge is 0.380 e. The summed E-state index contributed by atoms with van der Waals surface area (Å²) in [6.45, 7) is 2.52. The van der Waals surface area contributed by atoms with Crippen molar-refractivity contribution in [3.05, 3.63) is 0 Å². The molecule has 4 nitrogen and oxygen atoms in total. The van der Waals surface area contributed by atoms with Crippen LogP contribution in [0.5, 0.6) is 0 Å². The number of nitrogens with one attached hydrogen (secondary N) is 1. The third kappa shape index (κ3) is 4.10. The molecule has 0 aliphatic heterocycles. The summed E-state index contributed by atoms with van der Waals surface area (Å²) in [5.74, 6) is 0.0571. The maximum Gasteiger partial charge on any atom is 0.223 e. The highest BCUT2D eigenvalue weighted by Gasteiger charge is 2.28. The number of nitrogens with two attached hydrogens (primary N) is 1. The molecule has 0 bridgehead atoms. The smallest absolute Gasteiger partial charge is 0.223 e. The Morgan fingerprint density at radius 2 is 2.06 bits per heavy atom. The molecular weight excluding hydrogens is 204 g/mol. The van der Waals surface area contributed by atoms with Crippen LogP contribution in [-0.2, 0) is 9.53 Å².